The van der Waals surface area contributed by atoms with E-state index >= 15 is 0 Å². The third kappa shape index (κ3) is 1.36. The van der Waals surface area contributed by atoms with Crippen molar-refractivity contribution in [1.29, 1.82) is 0 Å². The molecule has 2 nitrogen and oxygen atoms in total. The zero-order chi connectivity index (χ0) is 15.1. The molecule has 0 amide bonds. The molecule has 2 aromatic heterocycles. The average Bonchev–Trinajstić information content (AvgIpc) is 3.03. The molecular formula is C19H13ClO2. The predicted molar refractivity (Wildman–Crippen MR) is 88.6 cm³/mol. The Hall–Kier alpha value is -2.19. The van der Waals surface area contributed by atoms with Crippen LogP contribution in [0.5, 0.6) is 11.5 Å². The van der Waals surface area contributed by atoms with E-state index in [1.807, 2.05) is 18.2 Å². The number of benzene rings is 3. The largest absolute Gasteiger partial charge is 0.457 e. The van der Waals surface area contributed by atoms with E-state index in [2.05, 4.69) is 38.1 Å². The van der Waals surface area contributed by atoms with E-state index in [0.717, 1.165) is 33.4 Å². The lowest BCUT2D eigenvalue weighted by molar-refractivity contribution is 0.419. The van der Waals surface area contributed by atoms with Crippen LogP contribution in [0.3, 0.4) is 0 Å². The monoisotopic (exact) mass is 308 g/mol. The molecule has 0 N–H and O–H groups in total. The Balaban J connectivity index is 1.87. The van der Waals surface area contributed by atoms with Crippen LogP contribution in [0, 0.1) is 0 Å². The molecule has 2 aromatic carbocycles. The topological polar surface area (TPSA) is 22.4 Å². The molecule has 1 aliphatic rings. The Morgan fingerprint density at radius 2 is 1.73 bits per heavy atom. The minimum absolute atomic E-state index is 0.123. The van der Waals surface area contributed by atoms with Gasteiger partial charge >= 0.3 is 0 Å². The van der Waals surface area contributed by atoms with Crippen molar-refractivity contribution in [2.45, 2.75) is 19.3 Å². The van der Waals surface area contributed by atoms with Crippen LogP contribution in [0.15, 0.2) is 46.9 Å². The Kier molecular flexibility index (Phi) is 2.12. The van der Waals surface area contributed by atoms with Gasteiger partial charge in [0.25, 0.3) is 0 Å². The first-order valence-electron chi connectivity index (χ1n) is 7.31. The molecule has 4 aromatic rings. The van der Waals surface area contributed by atoms with E-state index in [9.17, 15) is 0 Å². The Morgan fingerprint density at radius 1 is 0.909 bits per heavy atom. The first-order valence-corrected chi connectivity index (χ1v) is 7.69. The van der Waals surface area contributed by atoms with E-state index in [0.29, 0.717) is 5.02 Å². The van der Waals surface area contributed by atoms with E-state index in [1.54, 1.807) is 0 Å². The van der Waals surface area contributed by atoms with E-state index < -0.39 is 0 Å². The van der Waals surface area contributed by atoms with Gasteiger partial charge in [-0.1, -0.05) is 43.6 Å². The summed E-state index contributed by atoms with van der Waals surface area (Å²) in [5.74, 6) is 1.83. The normalized spacial score (nSPS) is 15.8. The fourth-order valence-corrected chi connectivity index (χ4v) is 3.80. The molecule has 0 unspecified atom stereocenters. The van der Waals surface area contributed by atoms with Crippen LogP contribution < -0.4 is 4.74 Å². The van der Waals surface area contributed by atoms with E-state index in [4.69, 9.17) is 20.8 Å². The molecule has 2 bridgehead atoms. The van der Waals surface area contributed by atoms with E-state index in [1.165, 1.54) is 11.1 Å². The van der Waals surface area contributed by atoms with Crippen LogP contribution in [0.1, 0.15) is 25.0 Å². The molecule has 0 saturated heterocycles. The fraction of sp³-hybridized carbons (Fsp3) is 0.158. The lowest BCUT2D eigenvalue weighted by atomic mass is 9.75. The summed E-state index contributed by atoms with van der Waals surface area (Å²) in [5.41, 5.74) is 3.83. The van der Waals surface area contributed by atoms with Gasteiger partial charge in [0.2, 0.25) is 0 Å². The molecule has 22 heavy (non-hydrogen) atoms. The van der Waals surface area contributed by atoms with Crippen LogP contribution in [0.2, 0.25) is 5.02 Å². The third-order valence-electron chi connectivity index (χ3n) is 4.77. The molecule has 0 spiro atoms. The highest BCUT2D eigenvalue weighted by Crippen LogP contribution is 2.50. The van der Waals surface area contributed by atoms with Crippen molar-refractivity contribution in [3.05, 3.63) is 58.6 Å². The van der Waals surface area contributed by atoms with Gasteiger partial charge in [-0.2, -0.15) is 0 Å². The van der Waals surface area contributed by atoms with Crippen molar-refractivity contribution >= 4 is 33.5 Å². The maximum atomic E-state index is 6.22. The minimum Gasteiger partial charge on any atom is -0.457 e. The van der Waals surface area contributed by atoms with Crippen molar-refractivity contribution in [3.8, 4) is 11.5 Å². The van der Waals surface area contributed by atoms with Crippen LogP contribution in [0.4, 0.5) is 0 Å². The summed E-state index contributed by atoms with van der Waals surface area (Å²) >= 11 is 6.22. The molecule has 3 heterocycles. The van der Waals surface area contributed by atoms with Gasteiger partial charge in [-0.25, -0.2) is 0 Å². The molecule has 0 radical (unpaired) electrons. The molecular weight excluding hydrogens is 296 g/mol. The molecule has 0 aliphatic carbocycles. The van der Waals surface area contributed by atoms with Gasteiger partial charge in [0, 0.05) is 33.4 Å². The van der Waals surface area contributed by atoms with Crippen molar-refractivity contribution in [2.24, 2.45) is 0 Å². The number of para-hydroxylation sites is 1. The number of hydrogen-bond donors (Lipinski definition) is 0. The lowest BCUT2D eigenvalue weighted by Crippen LogP contribution is -2.24. The zero-order valence-electron chi connectivity index (χ0n) is 12.2. The maximum absolute atomic E-state index is 6.22. The van der Waals surface area contributed by atoms with Crippen LogP contribution in [-0.4, -0.2) is 0 Å². The number of fused-ring (bicyclic) bond motifs is 7. The lowest BCUT2D eigenvalue weighted by Gasteiger charge is -2.34. The highest BCUT2D eigenvalue weighted by Gasteiger charge is 2.35. The molecule has 5 rings (SSSR count). The highest BCUT2D eigenvalue weighted by atomic mass is 35.5. The van der Waals surface area contributed by atoms with Gasteiger partial charge in [-0.15, -0.1) is 0 Å². The Morgan fingerprint density at radius 3 is 2.59 bits per heavy atom. The summed E-state index contributed by atoms with van der Waals surface area (Å²) in [6.07, 6.45) is 0. The summed E-state index contributed by atoms with van der Waals surface area (Å²) in [4.78, 5) is 0. The summed E-state index contributed by atoms with van der Waals surface area (Å²) in [6.45, 7) is 4.45. The molecule has 0 saturated carbocycles. The van der Waals surface area contributed by atoms with Crippen molar-refractivity contribution in [1.82, 2.24) is 0 Å². The second kappa shape index (κ2) is 3.76. The second-order valence-corrected chi connectivity index (χ2v) is 6.81. The highest BCUT2D eigenvalue weighted by molar-refractivity contribution is 6.37. The van der Waals surface area contributed by atoms with Gasteiger partial charge in [0.05, 0.1) is 5.02 Å². The molecule has 1 aliphatic heterocycles. The zero-order valence-corrected chi connectivity index (χ0v) is 13.0. The minimum atomic E-state index is -0.123. The third-order valence-corrected chi connectivity index (χ3v) is 5.05. The summed E-state index contributed by atoms with van der Waals surface area (Å²) < 4.78 is 11.9. The van der Waals surface area contributed by atoms with Gasteiger partial charge in [0.1, 0.15) is 17.1 Å². The fourth-order valence-electron chi connectivity index (χ4n) is 3.57. The number of halogens is 1. The van der Waals surface area contributed by atoms with Gasteiger partial charge in [-0.3, -0.25) is 0 Å². The summed E-state index contributed by atoms with van der Waals surface area (Å²) in [5, 5.41) is 2.81. The molecule has 3 heteroatoms. The van der Waals surface area contributed by atoms with Crippen LogP contribution in [-0.2, 0) is 5.41 Å². The first kappa shape index (κ1) is 12.4. The quantitative estimate of drug-likeness (QED) is 0.391. The van der Waals surface area contributed by atoms with Gasteiger partial charge in [0.15, 0.2) is 5.58 Å². The summed E-state index contributed by atoms with van der Waals surface area (Å²) in [6, 6.07) is 14.3. The second-order valence-electron chi connectivity index (χ2n) is 6.40. The average molecular weight is 309 g/mol. The van der Waals surface area contributed by atoms with Gasteiger partial charge < -0.3 is 9.15 Å². The summed E-state index contributed by atoms with van der Waals surface area (Å²) in [7, 11) is 0. The number of ether oxygens (including phenoxy) is 1. The standard InChI is InChI=1S/C19H13ClO2/c1-19(2)12-5-3-4-6-15(12)21-17-8-10-11(7-13(17)19)18-14(20)9-16(10)22-18/h3-9H,1-2H3. The number of hydrogen-bond acceptors (Lipinski definition) is 2. The smallest absolute Gasteiger partial charge is 0.154 e. The van der Waals surface area contributed by atoms with Crippen molar-refractivity contribution in [2.75, 3.05) is 0 Å². The SMILES string of the molecule is CC1(C)c2ccccc2Oc2cc3c4cc(Cl)c(o4)c3cc21. The molecule has 0 atom stereocenters. The number of rotatable bonds is 0. The van der Waals surface area contributed by atoms with Crippen LogP contribution in [0.25, 0.3) is 21.9 Å². The first-order chi connectivity index (χ1) is 10.6. The van der Waals surface area contributed by atoms with Crippen molar-refractivity contribution in [3.63, 3.8) is 0 Å². The van der Waals surface area contributed by atoms with Crippen molar-refractivity contribution < 1.29 is 9.15 Å². The van der Waals surface area contributed by atoms with Gasteiger partial charge in [-0.05, 0) is 18.2 Å². The number of furan rings is 2. The van der Waals surface area contributed by atoms with E-state index in [-0.39, 0.29) is 5.41 Å². The maximum Gasteiger partial charge on any atom is 0.154 e. The molecule has 0 fully saturated rings. The predicted octanol–water partition coefficient (Wildman–Crippen LogP) is 6.11. The Labute approximate surface area is 132 Å². The Bertz CT molecular complexity index is 1040. The van der Waals surface area contributed by atoms with Crippen LogP contribution >= 0.6 is 11.6 Å². The molecule has 108 valence electrons.